The summed E-state index contributed by atoms with van der Waals surface area (Å²) in [5, 5.41) is 11.9. The predicted molar refractivity (Wildman–Crippen MR) is 44.9 cm³/mol. The highest BCUT2D eigenvalue weighted by molar-refractivity contribution is 6.18. The normalized spacial score (nSPS) is 27.1. The third-order valence-electron chi connectivity index (χ3n) is 2.21. The standard InChI is InChI=1S/C7H11N3O4/c1-8-4(11)7(14)5(12)9(2)6(13)10(7)3/h14H,1-3H3,(H,8,11). The van der Waals surface area contributed by atoms with Crippen molar-refractivity contribution in [3.05, 3.63) is 0 Å². The lowest BCUT2D eigenvalue weighted by atomic mass is 10.2. The second-order valence-electron chi connectivity index (χ2n) is 2.96. The van der Waals surface area contributed by atoms with Gasteiger partial charge in [-0.3, -0.25) is 19.4 Å². The molecule has 4 amide bonds. The van der Waals surface area contributed by atoms with Crippen molar-refractivity contribution in [3.63, 3.8) is 0 Å². The number of amides is 4. The van der Waals surface area contributed by atoms with Gasteiger partial charge in [0.05, 0.1) is 0 Å². The van der Waals surface area contributed by atoms with Crippen molar-refractivity contribution in [3.8, 4) is 0 Å². The largest absolute Gasteiger partial charge is 0.356 e. The minimum Gasteiger partial charge on any atom is -0.356 e. The summed E-state index contributed by atoms with van der Waals surface area (Å²) in [6.07, 6.45) is 0. The molecule has 78 valence electrons. The fourth-order valence-electron chi connectivity index (χ4n) is 1.25. The van der Waals surface area contributed by atoms with E-state index in [-0.39, 0.29) is 0 Å². The van der Waals surface area contributed by atoms with Gasteiger partial charge in [-0.25, -0.2) is 4.79 Å². The van der Waals surface area contributed by atoms with Crippen LogP contribution in [0.3, 0.4) is 0 Å². The highest BCUT2D eigenvalue weighted by Crippen LogP contribution is 2.22. The van der Waals surface area contributed by atoms with Crippen LogP contribution in [0.4, 0.5) is 4.79 Å². The Kier molecular flexibility index (Phi) is 2.20. The Labute approximate surface area is 80.3 Å². The lowest BCUT2D eigenvalue weighted by Crippen LogP contribution is -2.58. The number of imide groups is 1. The first-order chi connectivity index (χ1) is 6.37. The molecule has 0 spiro atoms. The quantitative estimate of drug-likeness (QED) is 0.377. The molecule has 1 saturated heterocycles. The van der Waals surface area contributed by atoms with Gasteiger partial charge in [0.2, 0.25) is 0 Å². The van der Waals surface area contributed by atoms with E-state index in [4.69, 9.17) is 0 Å². The van der Waals surface area contributed by atoms with E-state index in [2.05, 4.69) is 5.32 Å². The van der Waals surface area contributed by atoms with Gasteiger partial charge in [0.1, 0.15) is 0 Å². The molecule has 0 aromatic carbocycles. The molecule has 0 radical (unpaired) electrons. The van der Waals surface area contributed by atoms with E-state index >= 15 is 0 Å². The molecule has 2 N–H and O–H groups in total. The van der Waals surface area contributed by atoms with Gasteiger partial charge < -0.3 is 10.4 Å². The minimum atomic E-state index is -2.42. The number of carbonyl (C=O) groups is 3. The Morgan fingerprint density at radius 2 is 1.93 bits per heavy atom. The van der Waals surface area contributed by atoms with Crippen LogP contribution in [0.25, 0.3) is 0 Å². The van der Waals surface area contributed by atoms with Crippen molar-refractivity contribution >= 4 is 17.8 Å². The van der Waals surface area contributed by atoms with Gasteiger partial charge in [-0.05, 0) is 0 Å². The van der Waals surface area contributed by atoms with Crippen LogP contribution in [0.1, 0.15) is 0 Å². The van der Waals surface area contributed by atoms with Crippen LogP contribution in [0, 0.1) is 0 Å². The van der Waals surface area contributed by atoms with Crippen LogP contribution in [-0.2, 0) is 9.59 Å². The van der Waals surface area contributed by atoms with Gasteiger partial charge in [0.25, 0.3) is 11.8 Å². The zero-order valence-corrected chi connectivity index (χ0v) is 8.07. The van der Waals surface area contributed by atoms with E-state index in [0.29, 0.717) is 9.80 Å². The topological polar surface area (TPSA) is 90.0 Å². The number of aliphatic hydroxyl groups is 1. The van der Waals surface area contributed by atoms with Crippen molar-refractivity contribution in [2.75, 3.05) is 21.1 Å². The maximum absolute atomic E-state index is 11.4. The van der Waals surface area contributed by atoms with Gasteiger partial charge >= 0.3 is 11.8 Å². The predicted octanol–water partition coefficient (Wildman–Crippen LogP) is -2.06. The number of hydrogen-bond acceptors (Lipinski definition) is 4. The third-order valence-corrected chi connectivity index (χ3v) is 2.21. The highest BCUT2D eigenvalue weighted by atomic mass is 16.4. The first-order valence-electron chi connectivity index (χ1n) is 3.87. The summed E-state index contributed by atoms with van der Waals surface area (Å²) in [4.78, 5) is 35.3. The molecule has 1 aliphatic heterocycles. The lowest BCUT2D eigenvalue weighted by molar-refractivity contribution is -0.164. The van der Waals surface area contributed by atoms with Crippen molar-refractivity contribution in [1.82, 2.24) is 15.1 Å². The molecule has 1 heterocycles. The molecule has 1 rings (SSSR count). The van der Waals surface area contributed by atoms with Crippen LogP contribution >= 0.6 is 0 Å². The lowest BCUT2D eigenvalue weighted by Gasteiger charge is -2.23. The minimum absolute atomic E-state index is 0.689. The summed E-state index contributed by atoms with van der Waals surface area (Å²) >= 11 is 0. The van der Waals surface area contributed by atoms with E-state index in [0.717, 1.165) is 0 Å². The Morgan fingerprint density at radius 1 is 1.43 bits per heavy atom. The summed E-state index contributed by atoms with van der Waals surface area (Å²) in [6.45, 7) is 0. The maximum Gasteiger partial charge on any atom is 0.329 e. The Hall–Kier alpha value is -1.63. The van der Waals surface area contributed by atoms with E-state index in [1.807, 2.05) is 0 Å². The van der Waals surface area contributed by atoms with Gasteiger partial charge in [-0.2, -0.15) is 0 Å². The average Bonchev–Trinajstić information content (AvgIpc) is 2.34. The van der Waals surface area contributed by atoms with Crippen LogP contribution in [0.15, 0.2) is 0 Å². The molecule has 1 unspecified atom stereocenters. The van der Waals surface area contributed by atoms with Gasteiger partial charge in [-0.15, -0.1) is 0 Å². The van der Waals surface area contributed by atoms with Gasteiger partial charge in [-0.1, -0.05) is 0 Å². The number of likely N-dealkylation sites (N-methyl/N-ethyl adjacent to an activating group) is 3. The zero-order chi connectivity index (χ0) is 11.1. The summed E-state index contributed by atoms with van der Waals surface area (Å²) in [5.41, 5.74) is -2.42. The van der Waals surface area contributed by atoms with E-state index in [1.54, 1.807) is 0 Å². The summed E-state index contributed by atoms with van der Waals surface area (Å²) < 4.78 is 0. The average molecular weight is 201 g/mol. The number of carbonyl (C=O) groups excluding carboxylic acids is 3. The van der Waals surface area contributed by atoms with Crippen LogP contribution in [0.5, 0.6) is 0 Å². The van der Waals surface area contributed by atoms with E-state index in [1.165, 1.54) is 21.1 Å². The molecule has 1 fully saturated rings. The van der Waals surface area contributed by atoms with E-state index < -0.39 is 23.6 Å². The summed E-state index contributed by atoms with van der Waals surface area (Å²) in [6, 6.07) is -0.721. The highest BCUT2D eigenvalue weighted by Gasteiger charge is 2.58. The first-order valence-corrected chi connectivity index (χ1v) is 3.87. The Balaban J connectivity index is 3.17. The number of nitrogens with one attached hydrogen (secondary N) is 1. The third kappa shape index (κ3) is 0.987. The molecule has 0 bridgehead atoms. The molecule has 7 nitrogen and oxygen atoms in total. The van der Waals surface area contributed by atoms with Crippen molar-refractivity contribution in [2.45, 2.75) is 5.72 Å². The van der Waals surface area contributed by atoms with Gasteiger partial charge in [0.15, 0.2) is 0 Å². The van der Waals surface area contributed by atoms with E-state index in [9.17, 15) is 19.5 Å². The Morgan fingerprint density at radius 3 is 2.21 bits per heavy atom. The summed E-state index contributed by atoms with van der Waals surface area (Å²) in [5.74, 6) is -1.88. The summed E-state index contributed by atoms with van der Waals surface area (Å²) in [7, 11) is 3.64. The second-order valence-corrected chi connectivity index (χ2v) is 2.96. The number of rotatable bonds is 1. The van der Waals surface area contributed by atoms with Crippen molar-refractivity contribution < 1.29 is 19.5 Å². The van der Waals surface area contributed by atoms with Crippen LogP contribution in [-0.4, -0.2) is 59.6 Å². The molecule has 0 aromatic heterocycles. The molecular weight excluding hydrogens is 190 g/mol. The maximum atomic E-state index is 11.4. The van der Waals surface area contributed by atoms with Gasteiger partial charge in [0, 0.05) is 21.1 Å². The number of nitrogens with zero attached hydrogens (tertiary/aromatic N) is 2. The fourth-order valence-corrected chi connectivity index (χ4v) is 1.25. The molecule has 0 aromatic rings. The number of urea groups is 1. The monoisotopic (exact) mass is 201 g/mol. The Bertz CT molecular complexity index is 316. The van der Waals surface area contributed by atoms with Crippen LogP contribution in [0.2, 0.25) is 0 Å². The fraction of sp³-hybridized carbons (Fsp3) is 0.571. The molecule has 0 saturated carbocycles. The molecule has 0 aliphatic carbocycles. The van der Waals surface area contributed by atoms with Crippen molar-refractivity contribution in [2.24, 2.45) is 0 Å². The smallest absolute Gasteiger partial charge is 0.329 e. The molecular formula is C7H11N3O4. The molecule has 1 aliphatic rings. The number of hydrogen-bond donors (Lipinski definition) is 2. The molecule has 7 heteroatoms. The SMILES string of the molecule is CNC(=O)C1(O)C(=O)N(C)C(=O)N1C. The molecule has 14 heavy (non-hydrogen) atoms. The second kappa shape index (κ2) is 2.95. The van der Waals surface area contributed by atoms with Crippen molar-refractivity contribution in [1.29, 1.82) is 0 Å². The molecule has 1 atom stereocenters. The first kappa shape index (κ1) is 10.5. The zero-order valence-electron chi connectivity index (χ0n) is 8.07. The van der Waals surface area contributed by atoms with Crippen LogP contribution < -0.4 is 5.32 Å².